The maximum atomic E-state index is 12.1. The van der Waals surface area contributed by atoms with E-state index < -0.39 is 12.3 Å². The van der Waals surface area contributed by atoms with Gasteiger partial charge in [-0.3, -0.25) is 0 Å². The molecular formula is C9H12F2. The molecule has 11 heavy (non-hydrogen) atoms. The maximum Gasteiger partial charge on any atom is 0.245 e. The smallest absolute Gasteiger partial charge is 0.210 e. The molecule has 1 rings (SSSR count). The van der Waals surface area contributed by atoms with Crippen molar-refractivity contribution in [2.45, 2.75) is 26.2 Å². The van der Waals surface area contributed by atoms with Crippen LogP contribution in [-0.4, -0.2) is 6.43 Å². The van der Waals surface area contributed by atoms with Gasteiger partial charge in [0.25, 0.3) is 0 Å². The predicted molar refractivity (Wildman–Crippen MR) is 41.6 cm³/mol. The maximum absolute atomic E-state index is 12.1. The topological polar surface area (TPSA) is 0 Å². The lowest BCUT2D eigenvalue weighted by Gasteiger charge is -2.13. The first-order valence-corrected chi connectivity index (χ1v) is 3.86. The second kappa shape index (κ2) is 3.65. The van der Waals surface area contributed by atoms with Gasteiger partial charge in [-0.15, -0.1) is 0 Å². The molecule has 0 aromatic rings. The number of hydrogen-bond donors (Lipinski definition) is 0. The average molecular weight is 158 g/mol. The lowest BCUT2D eigenvalue weighted by molar-refractivity contribution is 0.105. The number of allylic oxidation sites excluding steroid dienone is 4. The van der Waals surface area contributed by atoms with E-state index in [1.807, 2.05) is 12.2 Å². The highest BCUT2D eigenvalue weighted by atomic mass is 19.3. The molecule has 0 nitrogen and oxygen atoms in total. The zero-order valence-corrected chi connectivity index (χ0v) is 6.56. The zero-order valence-electron chi connectivity index (χ0n) is 6.56. The summed E-state index contributed by atoms with van der Waals surface area (Å²) in [5, 5.41) is 0. The molecule has 62 valence electrons. The molecule has 0 aromatic carbocycles. The van der Waals surface area contributed by atoms with Gasteiger partial charge < -0.3 is 0 Å². The molecule has 0 saturated heterocycles. The third kappa shape index (κ3) is 2.14. The van der Waals surface area contributed by atoms with Crippen molar-refractivity contribution in [3.8, 4) is 0 Å². The fraction of sp³-hybridized carbons (Fsp3) is 0.556. The van der Waals surface area contributed by atoms with Gasteiger partial charge in [0.1, 0.15) is 0 Å². The van der Waals surface area contributed by atoms with Crippen LogP contribution in [0.25, 0.3) is 0 Å². The van der Waals surface area contributed by atoms with Gasteiger partial charge in [-0.2, -0.15) is 0 Å². The van der Waals surface area contributed by atoms with E-state index in [1.54, 1.807) is 13.0 Å². The van der Waals surface area contributed by atoms with Crippen molar-refractivity contribution in [2.24, 2.45) is 5.92 Å². The van der Waals surface area contributed by atoms with Gasteiger partial charge >= 0.3 is 0 Å². The van der Waals surface area contributed by atoms with Crippen molar-refractivity contribution in [1.29, 1.82) is 0 Å². The van der Waals surface area contributed by atoms with Crippen LogP contribution in [0.2, 0.25) is 0 Å². The van der Waals surface area contributed by atoms with Crippen LogP contribution in [-0.2, 0) is 0 Å². The van der Waals surface area contributed by atoms with Crippen LogP contribution in [0.3, 0.4) is 0 Å². The molecular weight excluding hydrogens is 146 g/mol. The van der Waals surface area contributed by atoms with Gasteiger partial charge in [-0.05, 0) is 18.4 Å². The molecule has 0 unspecified atom stereocenters. The van der Waals surface area contributed by atoms with Crippen LogP contribution in [0.4, 0.5) is 8.78 Å². The van der Waals surface area contributed by atoms with Gasteiger partial charge in [0.2, 0.25) is 6.43 Å². The quantitative estimate of drug-likeness (QED) is 0.579. The molecule has 0 radical (unpaired) electrons. The summed E-state index contributed by atoms with van der Waals surface area (Å²) in [6.45, 7) is 1.56. The van der Waals surface area contributed by atoms with Crippen molar-refractivity contribution < 1.29 is 8.78 Å². The third-order valence-electron chi connectivity index (χ3n) is 1.93. The molecule has 1 aliphatic rings. The van der Waals surface area contributed by atoms with Gasteiger partial charge in [-0.1, -0.05) is 25.2 Å². The summed E-state index contributed by atoms with van der Waals surface area (Å²) in [7, 11) is 0. The number of rotatable bonds is 2. The Morgan fingerprint density at radius 3 is 2.55 bits per heavy atom. The molecule has 1 aliphatic carbocycles. The minimum absolute atomic E-state index is 0.605. The second-order valence-electron chi connectivity index (χ2n) is 2.81. The Morgan fingerprint density at radius 2 is 2.09 bits per heavy atom. The molecule has 0 aromatic heterocycles. The standard InChI is InChI=1S/C9H12F2/c1-7(9(10)11)8-5-3-2-4-6-8/h3,5-7,9H,2,4H2,1H3/t7-/m0/s1. The van der Waals surface area contributed by atoms with E-state index in [2.05, 4.69) is 0 Å². The van der Waals surface area contributed by atoms with E-state index in [1.165, 1.54) is 0 Å². The van der Waals surface area contributed by atoms with Crippen LogP contribution in [0.1, 0.15) is 19.8 Å². The molecule has 0 spiro atoms. The summed E-state index contributed by atoms with van der Waals surface area (Å²) >= 11 is 0. The largest absolute Gasteiger partial charge is 0.245 e. The summed E-state index contributed by atoms with van der Waals surface area (Å²) in [5.74, 6) is -0.605. The van der Waals surface area contributed by atoms with Crippen molar-refractivity contribution in [3.63, 3.8) is 0 Å². The number of alkyl halides is 2. The molecule has 2 heteroatoms. The molecule has 0 aliphatic heterocycles. The number of halogens is 2. The van der Waals surface area contributed by atoms with Crippen molar-refractivity contribution >= 4 is 0 Å². The molecule has 0 heterocycles. The second-order valence-corrected chi connectivity index (χ2v) is 2.81. The highest BCUT2D eigenvalue weighted by Crippen LogP contribution is 2.23. The fourth-order valence-electron chi connectivity index (χ4n) is 1.12. The predicted octanol–water partition coefficient (Wildman–Crippen LogP) is 3.16. The summed E-state index contributed by atoms with van der Waals surface area (Å²) < 4.78 is 24.3. The summed E-state index contributed by atoms with van der Waals surface area (Å²) in [5.41, 5.74) is 0.784. The molecule has 0 fully saturated rings. The Balaban J connectivity index is 2.59. The Bertz CT molecular complexity index is 180. The highest BCUT2D eigenvalue weighted by molar-refractivity contribution is 5.24. The minimum Gasteiger partial charge on any atom is -0.210 e. The summed E-state index contributed by atoms with van der Waals surface area (Å²) in [6.07, 6.45) is 5.32. The minimum atomic E-state index is -2.23. The van der Waals surface area contributed by atoms with E-state index in [0.717, 1.165) is 18.4 Å². The SMILES string of the molecule is C[C@@H](C1=CCCC=C1)C(F)F. The van der Waals surface area contributed by atoms with E-state index in [0.29, 0.717) is 0 Å². The first-order chi connectivity index (χ1) is 5.22. The fourth-order valence-corrected chi connectivity index (χ4v) is 1.12. The van der Waals surface area contributed by atoms with Crippen molar-refractivity contribution in [1.82, 2.24) is 0 Å². The Labute approximate surface area is 65.6 Å². The van der Waals surface area contributed by atoms with Crippen LogP contribution in [0, 0.1) is 5.92 Å². The normalized spacial score (nSPS) is 20.2. The molecule has 0 saturated carbocycles. The van der Waals surface area contributed by atoms with Gasteiger partial charge in [0, 0.05) is 5.92 Å². The van der Waals surface area contributed by atoms with Crippen molar-refractivity contribution in [2.75, 3.05) is 0 Å². The third-order valence-corrected chi connectivity index (χ3v) is 1.93. The first kappa shape index (κ1) is 8.44. The first-order valence-electron chi connectivity index (χ1n) is 3.86. The van der Waals surface area contributed by atoms with Crippen LogP contribution >= 0.6 is 0 Å². The van der Waals surface area contributed by atoms with E-state index in [-0.39, 0.29) is 0 Å². The van der Waals surface area contributed by atoms with E-state index >= 15 is 0 Å². The highest BCUT2D eigenvalue weighted by Gasteiger charge is 2.17. The van der Waals surface area contributed by atoms with Gasteiger partial charge in [0.15, 0.2) is 0 Å². The van der Waals surface area contributed by atoms with Gasteiger partial charge in [0.05, 0.1) is 0 Å². The monoisotopic (exact) mass is 158 g/mol. The molecule has 0 N–H and O–H groups in total. The Morgan fingerprint density at radius 1 is 1.36 bits per heavy atom. The van der Waals surface area contributed by atoms with Crippen molar-refractivity contribution in [3.05, 3.63) is 23.8 Å². The number of hydrogen-bond acceptors (Lipinski definition) is 0. The van der Waals surface area contributed by atoms with Crippen LogP contribution in [0.15, 0.2) is 23.8 Å². The average Bonchev–Trinajstić information content (AvgIpc) is 2.05. The van der Waals surface area contributed by atoms with E-state index in [9.17, 15) is 8.78 Å². The molecule has 0 amide bonds. The van der Waals surface area contributed by atoms with E-state index in [4.69, 9.17) is 0 Å². The summed E-state index contributed by atoms with van der Waals surface area (Å²) in [6, 6.07) is 0. The lowest BCUT2D eigenvalue weighted by atomic mass is 9.96. The van der Waals surface area contributed by atoms with Crippen LogP contribution < -0.4 is 0 Å². The lowest BCUT2D eigenvalue weighted by Crippen LogP contribution is -2.09. The molecule has 1 atom stereocenters. The summed E-state index contributed by atoms with van der Waals surface area (Å²) in [4.78, 5) is 0. The molecule has 0 bridgehead atoms. The van der Waals surface area contributed by atoms with Gasteiger partial charge in [-0.25, -0.2) is 8.78 Å². The Hall–Kier alpha value is -0.660. The van der Waals surface area contributed by atoms with Crippen LogP contribution in [0.5, 0.6) is 0 Å². The zero-order chi connectivity index (χ0) is 8.27. The Kier molecular flexibility index (Phi) is 2.80.